The van der Waals surface area contributed by atoms with Crippen molar-refractivity contribution in [1.82, 2.24) is 9.55 Å². The van der Waals surface area contributed by atoms with Crippen LogP contribution in [0.3, 0.4) is 0 Å². The molecule has 1 N–H and O–H groups in total. The second-order valence-corrected chi connectivity index (χ2v) is 5.54. The number of benzene rings is 2. The molecule has 0 fully saturated rings. The molecule has 0 aliphatic heterocycles. The highest BCUT2D eigenvalue weighted by atomic mass is 16.6. The molecule has 3 aromatic rings. The number of aliphatic hydroxyl groups excluding tert-OH is 1. The van der Waals surface area contributed by atoms with E-state index < -0.39 is 4.92 Å². The molecule has 0 atom stereocenters. The van der Waals surface area contributed by atoms with E-state index in [2.05, 4.69) is 11.1 Å². The molecular formula is C17H17N3O3. The summed E-state index contributed by atoms with van der Waals surface area (Å²) in [6.45, 7) is 4.49. The number of non-ortho nitro benzene ring substituents is 1. The molecule has 0 bridgehead atoms. The van der Waals surface area contributed by atoms with Crippen LogP contribution in [0.25, 0.3) is 22.4 Å². The average Bonchev–Trinajstić information content (AvgIpc) is 2.86. The van der Waals surface area contributed by atoms with Crippen molar-refractivity contribution < 1.29 is 10.0 Å². The van der Waals surface area contributed by atoms with Gasteiger partial charge in [0.2, 0.25) is 0 Å². The van der Waals surface area contributed by atoms with Crippen molar-refractivity contribution >= 4 is 16.7 Å². The molecule has 0 aliphatic rings. The number of aliphatic hydroxyl groups is 1. The van der Waals surface area contributed by atoms with E-state index in [1.54, 1.807) is 12.1 Å². The number of hydrogen-bond acceptors (Lipinski definition) is 4. The van der Waals surface area contributed by atoms with Crippen LogP contribution >= 0.6 is 0 Å². The zero-order chi connectivity index (χ0) is 16.6. The van der Waals surface area contributed by atoms with Gasteiger partial charge in [-0.3, -0.25) is 10.1 Å². The third-order valence-corrected chi connectivity index (χ3v) is 4.02. The van der Waals surface area contributed by atoms with Gasteiger partial charge < -0.3 is 9.67 Å². The predicted molar refractivity (Wildman–Crippen MR) is 88.4 cm³/mol. The number of nitrogens with zero attached hydrogens (tertiary/aromatic N) is 3. The second kappa shape index (κ2) is 5.81. The van der Waals surface area contributed by atoms with Crippen molar-refractivity contribution in [2.45, 2.75) is 20.4 Å². The summed E-state index contributed by atoms with van der Waals surface area (Å²) in [5.41, 5.74) is 4.96. The van der Waals surface area contributed by atoms with E-state index in [1.165, 1.54) is 12.1 Å². The first kappa shape index (κ1) is 15.2. The van der Waals surface area contributed by atoms with Crippen molar-refractivity contribution in [2.75, 3.05) is 6.61 Å². The SMILES string of the molecule is Cc1cc2nc(-c3ccc([N+](=O)[O-])cc3)n(CCO)c2cc1C. The minimum Gasteiger partial charge on any atom is -0.395 e. The summed E-state index contributed by atoms with van der Waals surface area (Å²) >= 11 is 0. The van der Waals surface area contributed by atoms with E-state index in [0.717, 1.165) is 27.7 Å². The number of nitro groups is 1. The average molecular weight is 311 g/mol. The Labute approximate surface area is 133 Å². The van der Waals surface area contributed by atoms with E-state index in [-0.39, 0.29) is 12.3 Å². The van der Waals surface area contributed by atoms with Gasteiger partial charge in [-0.1, -0.05) is 0 Å². The number of aromatic nitrogens is 2. The van der Waals surface area contributed by atoms with E-state index in [1.807, 2.05) is 24.5 Å². The molecule has 2 aromatic carbocycles. The Kier molecular flexibility index (Phi) is 3.83. The Bertz CT molecular complexity index is 882. The minimum absolute atomic E-state index is 0.00162. The lowest BCUT2D eigenvalue weighted by molar-refractivity contribution is -0.384. The Morgan fingerprint density at radius 1 is 1.17 bits per heavy atom. The van der Waals surface area contributed by atoms with Crippen molar-refractivity contribution in [3.63, 3.8) is 0 Å². The van der Waals surface area contributed by atoms with Gasteiger partial charge in [0.1, 0.15) is 5.82 Å². The summed E-state index contributed by atoms with van der Waals surface area (Å²) in [4.78, 5) is 15.0. The number of rotatable bonds is 4. The predicted octanol–water partition coefficient (Wildman–Crippen LogP) is 3.22. The van der Waals surface area contributed by atoms with Gasteiger partial charge in [-0.15, -0.1) is 0 Å². The van der Waals surface area contributed by atoms with Gasteiger partial charge in [-0.25, -0.2) is 4.98 Å². The smallest absolute Gasteiger partial charge is 0.269 e. The molecule has 0 aliphatic carbocycles. The number of imidazole rings is 1. The maximum atomic E-state index is 10.8. The Balaban J connectivity index is 2.19. The zero-order valence-electron chi connectivity index (χ0n) is 13.0. The largest absolute Gasteiger partial charge is 0.395 e. The summed E-state index contributed by atoms with van der Waals surface area (Å²) in [6, 6.07) is 10.4. The molecule has 0 amide bonds. The summed E-state index contributed by atoms with van der Waals surface area (Å²) < 4.78 is 1.95. The van der Waals surface area contributed by atoms with Crippen LogP contribution in [0.5, 0.6) is 0 Å². The third kappa shape index (κ3) is 2.68. The molecular weight excluding hydrogens is 294 g/mol. The van der Waals surface area contributed by atoms with E-state index in [4.69, 9.17) is 0 Å². The maximum absolute atomic E-state index is 10.8. The lowest BCUT2D eigenvalue weighted by Crippen LogP contribution is -2.04. The van der Waals surface area contributed by atoms with Crippen molar-refractivity contribution in [2.24, 2.45) is 0 Å². The van der Waals surface area contributed by atoms with Gasteiger partial charge in [-0.2, -0.15) is 0 Å². The highest BCUT2D eigenvalue weighted by Gasteiger charge is 2.14. The lowest BCUT2D eigenvalue weighted by atomic mass is 10.1. The first-order valence-corrected chi connectivity index (χ1v) is 7.34. The van der Waals surface area contributed by atoms with Crippen LogP contribution in [0, 0.1) is 24.0 Å². The van der Waals surface area contributed by atoms with Crippen molar-refractivity contribution in [1.29, 1.82) is 0 Å². The van der Waals surface area contributed by atoms with Crippen LogP contribution in [0.2, 0.25) is 0 Å². The monoisotopic (exact) mass is 311 g/mol. The third-order valence-electron chi connectivity index (χ3n) is 4.02. The summed E-state index contributed by atoms with van der Waals surface area (Å²) in [7, 11) is 0. The molecule has 118 valence electrons. The number of nitro benzene ring substituents is 1. The van der Waals surface area contributed by atoms with Crippen LogP contribution in [0.4, 0.5) is 5.69 Å². The van der Waals surface area contributed by atoms with Crippen LogP contribution in [-0.2, 0) is 6.54 Å². The highest BCUT2D eigenvalue weighted by Crippen LogP contribution is 2.28. The molecule has 6 nitrogen and oxygen atoms in total. The van der Waals surface area contributed by atoms with Crippen LogP contribution < -0.4 is 0 Å². The normalized spacial score (nSPS) is 11.1. The fraction of sp³-hybridized carbons (Fsp3) is 0.235. The van der Waals surface area contributed by atoms with Gasteiger partial charge in [-0.05, 0) is 49.2 Å². The summed E-state index contributed by atoms with van der Waals surface area (Å²) in [5, 5.41) is 20.2. The Morgan fingerprint density at radius 2 is 1.83 bits per heavy atom. The molecule has 0 unspecified atom stereocenters. The van der Waals surface area contributed by atoms with Crippen LogP contribution in [-0.4, -0.2) is 26.2 Å². The van der Waals surface area contributed by atoms with Gasteiger partial charge >= 0.3 is 0 Å². The quantitative estimate of drug-likeness (QED) is 0.592. The first-order chi connectivity index (χ1) is 11.0. The molecule has 1 heterocycles. The molecule has 3 rings (SSSR count). The molecule has 0 saturated heterocycles. The molecule has 1 aromatic heterocycles. The van der Waals surface area contributed by atoms with Gasteiger partial charge in [0, 0.05) is 24.2 Å². The maximum Gasteiger partial charge on any atom is 0.269 e. The first-order valence-electron chi connectivity index (χ1n) is 7.34. The summed E-state index contributed by atoms with van der Waals surface area (Å²) in [5.74, 6) is 0.703. The number of hydrogen-bond donors (Lipinski definition) is 1. The highest BCUT2D eigenvalue weighted by molar-refractivity contribution is 5.82. The number of aryl methyl sites for hydroxylation is 2. The minimum atomic E-state index is -0.423. The zero-order valence-corrected chi connectivity index (χ0v) is 13.0. The standard InChI is InChI=1S/C17H17N3O3/c1-11-9-15-16(10-12(11)2)19(7-8-21)17(18-15)13-3-5-14(6-4-13)20(22)23/h3-6,9-10,21H,7-8H2,1-2H3. The number of fused-ring (bicyclic) bond motifs is 1. The Hall–Kier alpha value is -2.73. The van der Waals surface area contributed by atoms with E-state index in [9.17, 15) is 15.2 Å². The molecule has 23 heavy (non-hydrogen) atoms. The lowest BCUT2D eigenvalue weighted by Gasteiger charge is -2.08. The fourth-order valence-corrected chi connectivity index (χ4v) is 2.66. The van der Waals surface area contributed by atoms with Gasteiger partial charge in [0.25, 0.3) is 5.69 Å². The van der Waals surface area contributed by atoms with Crippen molar-refractivity contribution in [3.8, 4) is 11.4 Å². The van der Waals surface area contributed by atoms with Gasteiger partial charge in [0.15, 0.2) is 0 Å². The summed E-state index contributed by atoms with van der Waals surface area (Å²) in [6.07, 6.45) is 0. The van der Waals surface area contributed by atoms with Crippen molar-refractivity contribution in [3.05, 3.63) is 57.6 Å². The molecule has 6 heteroatoms. The molecule has 0 spiro atoms. The van der Waals surface area contributed by atoms with Crippen LogP contribution in [0.15, 0.2) is 36.4 Å². The second-order valence-electron chi connectivity index (χ2n) is 5.54. The Morgan fingerprint density at radius 3 is 2.43 bits per heavy atom. The van der Waals surface area contributed by atoms with E-state index >= 15 is 0 Å². The molecule has 0 saturated carbocycles. The van der Waals surface area contributed by atoms with E-state index in [0.29, 0.717) is 12.4 Å². The topological polar surface area (TPSA) is 81.2 Å². The fourth-order valence-electron chi connectivity index (χ4n) is 2.66. The molecule has 0 radical (unpaired) electrons. The van der Waals surface area contributed by atoms with Gasteiger partial charge in [0.05, 0.1) is 22.6 Å². The van der Waals surface area contributed by atoms with Crippen LogP contribution in [0.1, 0.15) is 11.1 Å².